The zero-order valence-electron chi connectivity index (χ0n) is 16.9. The van der Waals surface area contributed by atoms with Gasteiger partial charge in [0.2, 0.25) is 5.91 Å². The molecule has 31 heavy (non-hydrogen) atoms. The zero-order chi connectivity index (χ0) is 22.4. The van der Waals surface area contributed by atoms with E-state index in [1.165, 1.54) is 11.3 Å². The first-order chi connectivity index (χ1) is 14.9. The van der Waals surface area contributed by atoms with Gasteiger partial charge in [-0.05, 0) is 43.2 Å². The molecule has 1 heterocycles. The maximum absolute atomic E-state index is 12.4. The van der Waals surface area contributed by atoms with E-state index in [-0.39, 0.29) is 18.2 Å². The van der Waals surface area contributed by atoms with E-state index in [4.69, 9.17) is 17.3 Å². The molecule has 3 amide bonds. The molecule has 6 nitrogen and oxygen atoms in total. The molecule has 4 N–H and O–H groups in total. The molecule has 1 aromatic heterocycles. The standard InChI is InChI=1S/C23H22ClN3O3S/c1-14-19(15-6-3-2-4-7-15)20(21(25)29)23(31-14)27-18(28)8-5-13-26-22(30)16-9-11-17(24)12-10-16/h2-4,6-7,9-12H,5,8,13H2,1H3,(H2,25,29)(H,26,30)(H,27,28). The van der Waals surface area contributed by atoms with Crippen LogP contribution in [0, 0.1) is 6.92 Å². The van der Waals surface area contributed by atoms with Gasteiger partial charge in [0.1, 0.15) is 5.00 Å². The van der Waals surface area contributed by atoms with Crippen molar-refractivity contribution < 1.29 is 14.4 Å². The third kappa shape index (κ3) is 5.71. The Morgan fingerprint density at radius 3 is 2.35 bits per heavy atom. The monoisotopic (exact) mass is 455 g/mol. The normalized spacial score (nSPS) is 10.5. The van der Waals surface area contributed by atoms with Crippen molar-refractivity contribution in [1.29, 1.82) is 0 Å². The maximum Gasteiger partial charge on any atom is 0.252 e. The van der Waals surface area contributed by atoms with Crippen molar-refractivity contribution in [2.45, 2.75) is 19.8 Å². The largest absolute Gasteiger partial charge is 0.365 e. The summed E-state index contributed by atoms with van der Waals surface area (Å²) in [5, 5.41) is 6.57. The average molecular weight is 456 g/mol. The summed E-state index contributed by atoms with van der Waals surface area (Å²) in [6, 6.07) is 16.0. The molecule has 0 saturated heterocycles. The minimum absolute atomic E-state index is 0.191. The molecule has 3 aromatic rings. The molecule has 0 radical (unpaired) electrons. The first-order valence-corrected chi connectivity index (χ1v) is 10.9. The quantitative estimate of drug-likeness (QED) is 0.432. The van der Waals surface area contributed by atoms with Gasteiger partial charge in [0.15, 0.2) is 0 Å². The minimum Gasteiger partial charge on any atom is -0.365 e. The van der Waals surface area contributed by atoms with E-state index < -0.39 is 5.91 Å². The number of primary amides is 1. The van der Waals surface area contributed by atoms with E-state index >= 15 is 0 Å². The fourth-order valence-electron chi connectivity index (χ4n) is 3.16. The fourth-order valence-corrected chi connectivity index (χ4v) is 4.39. The molecular weight excluding hydrogens is 434 g/mol. The van der Waals surface area contributed by atoms with Crippen LogP contribution in [-0.4, -0.2) is 24.3 Å². The lowest BCUT2D eigenvalue weighted by molar-refractivity contribution is -0.116. The number of aryl methyl sites for hydroxylation is 1. The summed E-state index contributed by atoms with van der Waals surface area (Å²) < 4.78 is 0. The van der Waals surface area contributed by atoms with Crippen molar-refractivity contribution in [1.82, 2.24) is 5.32 Å². The number of anilines is 1. The van der Waals surface area contributed by atoms with Gasteiger partial charge < -0.3 is 16.4 Å². The van der Waals surface area contributed by atoms with E-state index in [0.29, 0.717) is 34.1 Å². The van der Waals surface area contributed by atoms with Crippen LogP contribution in [0.5, 0.6) is 0 Å². The SMILES string of the molecule is Cc1sc(NC(=O)CCCNC(=O)c2ccc(Cl)cc2)c(C(N)=O)c1-c1ccccc1. The van der Waals surface area contributed by atoms with Gasteiger partial charge in [0, 0.05) is 34.0 Å². The first-order valence-electron chi connectivity index (χ1n) is 9.69. The third-order valence-corrected chi connectivity index (χ3v) is 5.89. The molecule has 0 unspecified atom stereocenters. The van der Waals surface area contributed by atoms with E-state index in [1.54, 1.807) is 24.3 Å². The highest BCUT2D eigenvalue weighted by Gasteiger charge is 2.22. The van der Waals surface area contributed by atoms with Gasteiger partial charge in [-0.15, -0.1) is 11.3 Å². The van der Waals surface area contributed by atoms with Crippen molar-refractivity contribution >= 4 is 45.7 Å². The number of nitrogens with one attached hydrogen (secondary N) is 2. The number of hydrogen-bond acceptors (Lipinski definition) is 4. The van der Waals surface area contributed by atoms with Crippen LogP contribution < -0.4 is 16.4 Å². The summed E-state index contributed by atoms with van der Waals surface area (Å²) in [5.74, 6) is -1.06. The van der Waals surface area contributed by atoms with E-state index in [0.717, 1.165) is 16.0 Å². The average Bonchev–Trinajstić information content (AvgIpc) is 3.08. The zero-order valence-corrected chi connectivity index (χ0v) is 18.5. The Balaban J connectivity index is 1.59. The summed E-state index contributed by atoms with van der Waals surface area (Å²) in [5.41, 5.74) is 8.05. The molecule has 0 bridgehead atoms. The molecule has 0 aliphatic heterocycles. The Labute approximate surface area is 189 Å². The van der Waals surface area contributed by atoms with Crippen molar-refractivity contribution in [3.63, 3.8) is 0 Å². The van der Waals surface area contributed by atoms with Gasteiger partial charge in [0.25, 0.3) is 11.8 Å². The number of rotatable bonds is 8. The summed E-state index contributed by atoms with van der Waals surface area (Å²) in [6.07, 6.45) is 0.643. The Morgan fingerprint density at radius 1 is 1.03 bits per heavy atom. The van der Waals surface area contributed by atoms with E-state index in [2.05, 4.69) is 10.6 Å². The van der Waals surface area contributed by atoms with Gasteiger partial charge in [0.05, 0.1) is 5.56 Å². The molecule has 0 aliphatic carbocycles. The Hall–Kier alpha value is -3.16. The molecule has 3 rings (SSSR count). The van der Waals surface area contributed by atoms with Gasteiger partial charge in [-0.25, -0.2) is 0 Å². The highest BCUT2D eigenvalue weighted by molar-refractivity contribution is 7.17. The lowest BCUT2D eigenvalue weighted by atomic mass is 10.0. The number of nitrogens with two attached hydrogens (primary N) is 1. The van der Waals surface area contributed by atoms with Crippen molar-refractivity contribution in [2.24, 2.45) is 5.73 Å². The molecule has 0 saturated carbocycles. The van der Waals surface area contributed by atoms with Gasteiger partial charge >= 0.3 is 0 Å². The Kier molecular flexibility index (Phi) is 7.44. The molecule has 0 atom stereocenters. The maximum atomic E-state index is 12.4. The second kappa shape index (κ2) is 10.2. The van der Waals surface area contributed by atoms with Gasteiger partial charge in [-0.1, -0.05) is 41.9 Å². The number of amides is 3. The highest BCUT2D eigenvalue weighted by atomic mass is 35.5. The minimum atomic E-state index is -0.589. The van der Waals surface area contributed by atoms with Crippen LogP contribution in [0.25, 0.3) is 11.1 Å². The number of carbonyl (C=O) groups is 3. The Morgan fingerprint density at radius 2 is 1.71 bits per heavy atom. The molecule has 8 heteroatoms. The summed E-state index contributed by atoms with van der Waals surface area (Å²) >= 11 is 7.14. The number of hydrogen-bond donors (Lipinski definition) is 3. The smallest absolute Gasteiger partial charge is 0.252 e. The van der Waals surface area contributed by atoms with E-state index in [9.17, 15) is 14.4 Å². The lowest BCUT2D eigenvalue weighted by Gasteiger charge is -2.08. The van der Waals surface area contributed by atoms with Crippen LogP contribution in [0.4, 0.5) is 5.00 Å². The topological polar surface area (TPSA) is 101 Å². The number of halogens is 1. The number of carbonyl (C=O) groups excluding carboxylic acids is 3. The van der Waals surface area contributed by atoms with Crippen LogP contribution >= 0.6 is 22.9 Å². The van der Waals surface area contributed by atoms with E-state index in [1.807, 2.05) is 37.3 Å². The van der Waals surface area contributed by atoms with Crippen molar-refractivity contribution in [2.75, 3.05) is 11.9 Å². The summed E-state index contributed by atoms with van der Waals surface area (Å²) in [4.78, 5) is 37.5. The molecule has 160 valence electrons. The van der Waals surface area contributed by atoms with Crippen LogP contribution in [-0.2, 0) is 4.79 Å². The number of thiophene rings is 1. The molecule has 0 aliphatic rings. The highest BCUT2D eigenvalue weighted by Crippen LogP contribution is 2.39. The fraction of sp³-hybridized carbons (Fsp3) is 0.174. The van der Waals surface area contributed by atoms with Crippen LogP contribution in [0.2, 0.25) is 5.02 Å². The van der Waals surface area contributed by atoms with Crippen molar-refractivity contribution in [3.05, 3.63) is 75.6 Å². The van der Waals surface area contributed by atoms with Crippen LogP contribution in [0.3, 0.4) is 0 Å². The summed E-state index contributed by atoms with van der Waals surface area (Å²) in [6.45, 7) is 2.23. The third-order valence-electron chi connectivity index (χ3n) is 4.62. The van der Waals surface area contributed by atoms with Crippen LogP contribution in [0.15, 0.2) is 54.6 Å². The molecular formula is C23H22ClN3O3S. The van der Waals surface area contributed by atoms with Crippen molar-refractivity contribution in [3.8, 4) is 11.1 Å². The Bertz CT molecular complexity index is 1100. The second-order valence-corrected chi connectivity index (χ2v) is 8.54. The van der Waals surface area contributed by atoms with Gasteiger partial charge in [-0.3, -0.25) is 14.4 Å². The number of benzene rings is 2. The molecule has 0 spiro atoms. The predicted molar refractivity (Wildman–Crippen MR) is 125 cm³/mol. The molecule has 0 fully saturated rings. The summed E-state index contributed by atoms with van der Waals surface area (Å²) in [7, 11) is 0. The predicted octanol–water partition coefficient (Wildman–Crippen LogP) is 4.62. The van der Waals surface area contributed by atoms with Gasteiger partial charge in [-0.2, -0.15) is 0 Å². The van der Waals surface area contributed by atoms with Crippen LogP contribution in [0.1, 0.15) is 38.4 Å². The second-order valence-electron chi connectivity index (χ2n) is 6.88. The molecule has 2 aromatic carbocycles. The first kappa shape index (κ1) is 22.5. The lowest BCUT2D eigenvalue weighted by Crippen LogP contribution is -2.25.